The van der Waals surface area contributed by atoms with Crippen LogP contribution >= 0.6 is 11.6 Å². The number of aryl methyl sites for hydroxylation is 1. The molecular weight excluding hydrogens is 307 g/mol. The van der Waals surface area contributed by atoms with Gasteiger partial charge in [0.25, 0.3) is 0 Å². The first-order valence-corrected chi connectivity index (χ1v) is 9.38. The van der Waals surface area contributed by atoms with Gasteiger partial charge in [-0.05, 0) is 80.2 Å². The molecule has 1 aromatic rings. The zero-order valence-corrected chi connectivity index (χ0v) is 14.6. The van der Waals surface area contributed by atoms with Crippen LogP contribution in [0.1, 0.15) is 85.6 Å². The average Bonchev–Trinajstić information content (AvgIpc) is 2.54. The first kappa shape index (κ1) is 18.8. The molecule has 2 fully saturated rings. The molecule has 1 aromatic carbocycles. The predicted molar refractivity (Wildman–Crippen MR) is 103 cm³/mol. The summed E-state index contributed by atoms with van der Waals surface area (Å²) in [6, 6.07) is 3.93. The van der Waals surface area contributed by atoms with Gasteiger partial charge in [-0.15, -0.1) is 0 Å². The molecule has 134 valence electrons. The minimum atomic E-state index is -0.220. The Morgan fingerprint density at radius 3 is 2.04 bits per heavy atom. The highest BCUT2D eigenvalue weighted by Crippen LogP contribution is 2.45. The fraction of sp³-hybridized carbons (Fsp3) is 0.714. The molecule has 0 spiro atoms. The SMILES string of the molecule is C.Cc1ccc(C2CCC(C3CCC(C)CC3)CC2)c(Cl)c1F.[HH].[HH]. The smallest absolute Gasteiger partial charge is 0.144 e. The Balaban J connectivity index is 0.00000192. The van der Waals surface area contributed by atoms with Gasteiger partial charge in [0.15, 0.2) is 0 Å². The van der Waals surface area contributed by atoms with Crippen LogP contribution in [0.4, 0.5) is 4.39 Å². The summed E-state index contributed by atoms with van der Waals surface area (Å²) in [4.78, 5) is 0. The van der Waals surface area contributed by atoms with Crippen LogP contribution < -0.4 is 0 Å². The fourth-order valence-electron chi connectivity index (χ4n) is 4.64. The van der Waals surface area contributed by atoms with Gasteiger partial charge in [0, 0.05) is 2.85 Å². The number of hydrogen-bond acceptors (Lipinski definition) is 0. The maximum absolute atomic E-state index is 14.0. The second-order valence-corrected chi connectivity index (χ2v) is 8.11. The lowest BCUT2D eigenvalue weighted by Gasteiger charge is -2.37. The van der Waals surface area contributed by atoms with Gasteiger partial charge in [-0.2, -0.15) is 0 Å². The van der Waals surface area contributed by atoms with Crippen molar-refractivity contribution in [3.8, 4) is 0 Å². The lowest BCUT2D eigenvalue weighted by molar-refractivity contribution is 0.165. The first-order valence-electron chi connectivity index (χ1n) is 9.00. The van der Waals surface area contributed by atoms with E-state index in [1.807, 2.05) is 12.1 Å². The van der Waals surface area contributed by atoms with E-state index in [9.17, 15) is 4.39 Å². The van der Waals surface area contributed by atoms with Crippen molar-refractivity contribution in [1.82, 2.24) is 0 Å². The Hall–Kier alpha value is -0.560. The van der Waals surface area contributed by atoms with Crippen LogP contribution in [-0.4, -0.2) is 0 Å². The lowest BCUT2D eigenvalue weighted by atomic mass is 9.68. The van der Waals surface area contributed by atoms with Crippen LogP contribution in [0.25, 0.3) is 0 Å². The first-order chi connectivity index (χ1) is 10.6. The van der Waals surface area contributed by atoms with Crippen LogP contribution in [0.15, 0.2) is 12.1 Å². The second-order valence-electron chi connectivity index (χ2n) is 7.73. The zero-order chi connectivity index (χ0) is 15.7. The third kappa shape index (κ3) is 4.10. The molecule has 2 aliphatic carbocycles. The monoisotopic (exact) mass is 342 g/mol. The molecule has 3 rings (SSSR count). The van der Waals surface area contributed by atoms with Crippen LogP contribution in [0.2, 0.25) is 5.02 Å². The summed E-state index contributed by atoms with van der Waals surface area (Å²) in [5.74, 6) is 3.02. The molecule has 0 amide bonds. The molecule has 0 saturated heterocycles. The van der Waals surface area contributed by atoms with E-state index in [2.05, 4.69) is 6.92 Å². The molecule has 2 aliphatic rings. The van der Waals surface area contributed by atoms with Gasteiger partial charge in [0.2, 0.25) is 0 Å². The van der Waals surface area contributed by atoms with E-state index >= 15 is 0 Å². The van der Waals surface area contributed by atoms with E-state index in [0.717, 1.165) is 23.3 Å². The molecule has 23 heavy (non-hydrogen) atoms. The van der Waals surface area contributed by atoms with Crippen molar-refractivity contribution in [2.75, 3.05) is 0 Å². The molecule has 0 aliphatic heterocycles. The van der Waals surface area contributed by atoms with E-state index in [4.69, 9.17) is 11.6 Å². The number of benzene rings is 1. The summed E-state index contributed by atoms with van der Waals surface area (Å²) in [7, 11) is 0. The van der Waals surface area contributed by atoms with Crippen molar-refractivity contribution in [3.05, 3.63) is 34.1 Å². The average molecular weight is 343 g/mol. The zero-order valence-electron chi connectivity index (χ0n) is 13.9. The number of rotatable bonds is 2. The lowest BCUT2D eigenvalue weighted by Crippen LogP contribution is -2.24. The predicted octanol–water partition coefficient (Wildman–Crippen LogP) is 8.02. The Morgan fingerprint density at radius 1 is 0.957 bits per heavy atom. The van der Waals surface area contributed by atoms with Crippen LogP contribution in [0.3, 0.4) is 0 Å². The summed E-state index contributed by atoms with van der Waals surface area (Å²) in [6.45, 7) is 4.17. The molecule has 2 saturated carbocycles. The van der Waals surface area contributed by atoms with Gasteiger partial charge >= 0.3 is 0 Å². The summed E-state index contributed by atoms with van der Waals surface area (Å²) in [6.07, 6.45) is 10.6. The Labute approximate surface area is 149 Å². The molecule has 0 radical (unpaired) electrons. The molecule has 2 heteroatoms. The minimum Gasteiger partial charge on any atom is -0.205 e. The van der Waals surface area contributed by atoms with Crippen molar-refractivity contribution in [2.45, 2.75) is 78.6 Å². The quantitative estimate of drug-likeness (QED) is 0.510. The van der Waals surface area contributed by atoms with Crippen molar-refractivity contribution >= 4 is 11.6 Å². The summed E-state index contributed by atoms with van der Waals surface area (Å²) in [5, 5.41) is 0.370. The van der Waals surface area contributed by atoms with E-state index in [0.29, 0.717) is 16.5 Å². The van der Waals surface area contributed by atoms with Gasteiger partial charge in [0.05, 0.1) is 5.02 Å². The van der Waals surface area contributed by atoms with Gasteiger partial charge in [-0.25, -0.2) is 4.39 Å². The number of hydrogen-bond donors (Lipinski definition) is 0. The van der Waals surface area contributed by atoms with Crippen molar-refractivity contribution in [3.63, 3.8) is 0 Å². The Kier molecular flexibility index (Phi) is 6.54. The maximum atomic E-state index is 14.0. The van der Waals surface area contributed by atoms with Gasteiger partial charge < -0.3 is 0 Å². The fourth-order valence-corrected chi connectivity index (χ4v) is 5.00. The third-order valence-corrected chi connectivity index (χ3v) is 6.63. The highest BCUT2D eigenvalue weighted by Gasteiger charge is 2.31. The Bertz CT molecular complexity index is 519. The molecule has 0 unspecified atom stereocenters. The van der Waals surface area contributed by atoms with E-state index in [-0.39, 0.29) is 16.1 Å². The van der Waals surface area contributed by atoms with Gasteiger partial charge in [0.1, 0.15) is 5.82 Å². The highest BCUT2D eigenvalue weighted by atomic mass is 35.5. The normalized spacial score (nSPS) is 31.5. The maximum Gasteiger partial charge on any atom is 0.144 e. The van der Waals surface area contributed by atoms with Gasteiger partial charge in [-0.3, -0.25) is 0 Å². The van der Waals surface area contributed by atoms with Crippen molar-refractivity contribution < 1.29 is 7.24 Å². The second kappa shape index (κ2) is 8.01. The van der Waals surface area contributed by atoms with Crippen molar-refractivity contribution in [2.24, 2.45) is 17.8 Å². The molecule has 0 N–H and O–H groups in total. The Morgan fingerprint density at radius 2 is 1.48 bits per heavy atom. The molecule has 0 aromatic heterocycles. The molecule has 0 nitrogen and oxygen atoms in total. The topological polar surface area (TPSA) is 0 Å². The van der Waals surface area contributed by atoms with E-state index in [1.54, 1.807) is 6.92 Å². The largest absolute Gasteiger partial charge is 0.205 e. The van der Waals surface area contributed by atoms with Crippen molar-refractivity contribution in [1.29, 1.82) is 0 Å². The molecular formula is C21H36ClF. The molecule has 0 atom stereocenters. The summed E-state index contributed by atoms with van der Waals surface area (Å²) < 4.78 is 14.0. The minimum absolute atomic E-state index is 0. The third-order valence-electron chi connectivity index (χ3n) is 6.24. The van der Waals surface area contributed by atoms with E-state index in [1.165, 1.54) is 51.4 Å². The van der Waals surface area contributed by atoms with Crippen LogP contribution in [0.5, 0.6) is 0 Å². The van der Waals surface area contributed by atoms with Crippen LogP contribution in [-0.2, 0) is 0 Å². The van der Waals surface area contributed by atoms with Crippen LogP contribution in [0, 0.1) is 30.5 Å². The molecule has 0 heterocycles. The summed E-state index contributed by atoms with van der Waals surface area (Å²) in [5.41, 5.74) is 1.69. The number of halogens is 2. The molecule has 0 bridgehead atoms. The highest BCUT2D eigenvalue weighted by molar-refractivity contribution is 6.31. The summed E-state index contributed by atoms with van der Waals surface area (Å²) >= 11 is 6.26. The van der Waals surface area contributed by atoms with Gasteiger partial charge in [-0.1, -0.05) is 50.9 Å². The standard InChI is InChI=1S/C20H28ClF.CH4.2H2/c1-13-3-6-15(7-4-13)16-8-10-17(11-9-16)18-12-5-14(2)20(22)19(18)21;;;/h5,12-13,15-17H,3-4,6-11H2,1-2H3;1H4;2*1H. The van der Waals surface area contributed by atoms with E-state index < -0.39 is 0 Å².